The Bertz CT molecular complexity index is 930. The Labute approximate surface area is 156 Å². The molecule has 0 aromatic carbocycles. The number of amides is 1. The van der Waals surface area contributed by atoms with E-state index < -0.39 is 6.10 Å². The number of aliphatic hydroxyl groups excluding tert-OH is 1. The fraction of sp³-hybridized carbons (Fsp3) is 0.400. The highest BCUT2D eigenvalue weighted by molar-refractivity contribution is 7.10. The quantitative estimate of drug-likeness (QED) is 0.739. The molecule has 0 aliphatic carbocycles. The number of aromatic nitrogens is 2. The SMILES string of the molecule is CC(C)c1cc(C(=O)N2CCC(c3c[nH]c4ncccc34)C(O)C2)cs1. The highest BCUT2D eigenvalue weighted by Crippen LogP contribution is 2.33. The van der Waals surface area contributed by atoms with Crippen molar-refractivity contribution < 1.29 is 9.90 Å². The molecule has 1 aliphatic rings. The van der Waals surface area contributed by atoms with Gasteiger partial charge in [0.2, 0.25) is 0 Å². The van der Waals surface area contributed by atoms with Gasteiger partial charge in [0.05, 0.1) is 11.7 Å². The molecule has 0 saturated carbocycles. The maximum atomic E-state index is 12.8. The van der Waals surface area contributed by atoms with Crippen LogP contribution < -0.4 is 0 Å². The van der Waals surface area contributed by atoms with E-state index in [0.717, 1.165) is 28.6 Å². The Kier molecular flexibility index (Phi) is 4.54. The third kappa shape index (κ3) is 3.04. The van der Waals surface area contributed by atoms with Gasteiger partial charge in [-0.15, -0.1) is 11.3 Å². The summed E-state index contributed by atoms with van der Waals surface area (Å²) in [5.41, 5.74) is 2.67. The van der Waals surface area contributed by atoms with Crippen LogP contribution in [0.25, 0.3) is 11.0 Å². The molecule has 2 N–H and O–H groups in total. The van der Waals surface area contributed by atoms with Gasteiger partial charge >= 0.3 is 0 Å². The minimum absolute atomic E-state index is 0.0192. The lowest BCUT2D eigenvalue weighted by atomic mass is 9.87. The zero-order valence-corrected chi connectivity index (χ0v) is 15.8. The number of pyridine rings is 1. The average Bonchev–Trinajstić information content (AvgIpc) is 3.28. The predicted molar refractivity (Wildman–Crippen MR) is 104 cm³/mol. The number of carbonyl (C=O) groups is 1. The minimum atomic E-state index is -0.574. The molecule has 6 heteroatoms. The second kappa shape index (κ2) is 6.85. The molecule has 136 valence electrons. The van der Waals surface area contributed by atoms with Gasteiger partial charge in [-0.2, -0.15) is 0 Å². The zero-order chi connectivity index (χ0) is 18.3. The van der Waals surface area contributed by atoms with E-state index in [0.29, 0.717) is 19.0 Å². The van der Waals surface area contributed by atoms with Crippen molar-refractivity contribution in [3.63, 3.8) is 0 Å². The van der Waals surface area contributed by atoms with E-state index in [9.17, 15) is 9.90 Å². The number of rotatable bonds is 3. The molecular formula is C20H23N3O2S. The predicted octanol–water partition coefficient (Wildman–Crippen LogP) is 3.74. The van der Waals surface area contributed by atoms with Crippen LogP contribution in [-0.4, -0.2) is 45.1 Å². The number of β-amino-alcohol motifs (C(OH)–C–C–N with tert-alkyl or cyclic N) is 1. The lowest BCUT2D eigenvalue weighted by Gasteiger charge is -2.35. The Morgan fingerprint density at radius 2 is 2.31 bits per heavy atom. The van der Waals surface area contributed by atoms with E-state index in [4.69, 9.17) is 0 Å². The van der Waals surface area contributed by atoms with Crippen molar-refractivity contribution >= 4 is 28.3 Å². The number of aromatic amines is 1. The molecule has 0 spiro atoms. The van der Waals surface area contributed by atoms with Gasteiger partial charge in [0.1, 0.15) is 5.65 Å². The second-order valence-corrected chi connectivity index (χ2v) is 8.19. The zero-order valence-electron chi connectivity index (χ0n) is 15.0. The van der Waals surface area contributed by atoms with Crippen LogP contribution in [0.1, 0.15) is 52.9 Å². The number of hydrogen-bond donors (Lipinski definition) is 2. The van der Waals surface area contributed by atoms with Gasteiger partial charge in [-0.05, 0) is 36.1 Å². The summed E-state index contributed by atoms with van der Waals surface area (Å²) in [5.74, 6) is 0.463. The van der Waals surface area contributed by atoms with E-state index in [-0.39, 0.29) is 11.8 Å². The van der Waals surface area contributed by atoms with Crippen LogP contribution >= 0.6 is 11.3 Å². The summed E-state index contributed by atoms with van der Waals surface area (Å²) < 4.78 is 0. The van der Waals surface area contributed by atoms with Gasteiger partial charge in [0.15, 0.2) is 0 Å². The molecule has 3 aromatic rings. The maximum absolute atomic E-state index is 12.8. The third-order valence-corrected chi connectivity index (χ3v) is 6.42. The average molecular weight is 369 g/mol. The number of piperidine rings is 1. The third-order valence-electron chi connectivity index (χ3n) is 5.19. The minimum Gasteiger partial charge on any atom is -0.391 e. The fourth-order valence-electron chi connectivity index (χ4n) is 3.71. The number of nitrogens with zero attached hydrogens (tertiary/aromatic N) is 2. The second-order valence-electron chi connectivity index (χ2n) is 7.25. The van der Waals surface area contributed by atoms with E-state index in [1.807, 2.05) is 29.8 Å². The van der Waals surface area contributed by atoms with E-state index in [2.05, 4.69) is 23.8 Å². The molecule has 1 amide bonds. The number of hydrogen-bond acceptors (Lipinski definition) is 4. The number of fused-ring (bicyclic) bond motifs is 1. The van der Waals surface area contributed by atoms with Gasteiger partial charge in [-0.3, -0.25) is 4.79 Å². The summed E-state index contributed by atoms with van der Waals surface area (Å²) in [7, 11) is 0. The smallest absolute Gasteiger partial charge is 0.254 e. The normalized spacial score (nSPS) is 20.8. The molecule has 2 unspecified atom stereocenters. The molecule has 1 aliphatic heterocycles. The van der Waals surface area contributed by atoms with Crippen molar-refractivity contribution in [3.8, 4) is 0 Å². The van der Waals surface area contributed by atoms with Crippen LogP contribution in [-0.2, 0) is 0 Å². The Hall–Kier alpha value is -2.18. The van der Waals surface area contributed by atoms with Crippen LogP contribution in [0.5, 0.6) is 0 Å². The number of likely N-dealkylation sites (tertiary alicyclic amines) is 1. The molecule has 3 aromatic heterocycles. The van der Waals surface area contributed by atoms with Gasteiger partial charge in [0.25, 0.3) is 5.91 Å². The number of carbonyl (C=O) groups excluding carboxylic acids is 1. The van der Waals surface area contributed by atoms with Crippen LogP contribution in [0, 0.1) is 0 Å². The molecule has 0 bridgehead atoms. The summed E-state index contributed by atoms with van der Waals surface area (Å²) in [6.45, 7) is 5.28. The number of aliphatic hydroxyl groups is 1. The topological polar surface area (TPSA) is 69.2 Å². The molecule has 2 atom stereocenters. The number of nitrogens with one attached hydrogen (secondary N) is 1. The Morgan fingerprint density at radius 3 is 3.04 bits per heavy atom. The molecule has 1 saturated heterocycles. The highest BCUT2D eigenvalue weighted by Gasteiger charge is 2.33. The summed E-state index contributed by atoms with van der Waals surface area (Å²) >= 11 is 1.63. The first kappa shape index (κ1) is 17.2. The lowest BCUT2D eigenvalue weighted by molar-refractivity contribution is 0.0384. The first-order valence-corrected chi connectivity index (χ1v) is 9.90. The fourth-order valence-corrected chi connectivity index (χ4v) is 4.61. The van der Waals surface area contributed by atoms with E-state index in [1.54, 1.807) is 22.4 Å². The van der Waals surface area contributed by atoms with Gasteiger partial charge < -0.3 is 15.0 Å². The van der Waals surface area contributed by atoms with Gasteiger partial charge in [-0.1, -0.05) is 13.8 Å². The van der Waals surface area contributed by atoms with Gasteiger partial charge in [0, 0.05) is 47.0 Å². The summed E-state index contributed by atoms with van der Waals surface area (Å²) in [6.07, 6.45) is 3.87. The standard InChI is InChI=1S/C20H23N3O2S/c1-12(2)18-8-13(11-26-18)20(25)23-7-5-14(17(24)10-23)16-9-22-19-15(16)4-3-6-21-19/h3-4,6,8-9,11-12,14,17,24H,5,7,10H2,1-2H3,(H,21,22). The van der Waals surface area contributed by atoms with E-state index in [1.165, 1.54) is 4.88 Å². The summed E-state index contributed by atoms with van der Waals surface area (Å²) in [6, 6.07) is 5.92. The first-order chi connectivity index (χ1) is 12.5. The van der Waals surface area contributed by atoms with E-state index >= 15 is 0 Å². The van der Waals surface area contributed by atoms with Gasteiger partial charge in [-0.25, -0.2) is 4.98 Å². The van der Waals surface area contributed by atoms with Crippen molar-refractivity contribution in [1.29, 1.82) is 0 Å². The van der Waals surface area contributed by atoms with Crippen molar-refractivity contribution in [3.05, 3.63) is 52.0 Å². The Morgan fingerprint density at radius 1 is 1.46 bits per heavy atom. The van der Waals surface area contributed by atoms with Crippen LogP contribution in [0.2, 0.25) is 0 Å². The highest BCUT2D eigenvalue weighted by atomic mass is 32.1. The van der Waals surface area contributed by atoms with Crippen molar-refractivity contribution in [2.75, 3.05) is 13.1 Å². The van der Waals surface area contributed by atoms with Crippen LogP contribution in [0.3, 0.4) is 0 Å². The molecular weight excluding hydrogens is 346 g/mol. The molecule has 4 rings (SSSR count). The largest absolute Gasteiger partial charge is 0.391 e. The first-order valence-electron chi connectivity index (χ1n) is 9.02. The molecule has 0 radical (unpaired) electrons. The van der Waals surface area contributed by atoms with Crippen molar-refractivity contribution in [2.24, 2.45) is 0 Å². The number of thiophene rings is 1. The molecule has 26 heavy (non-hydrogen) atoms. The molecule has 1 fully saturated rings. The Balaban J connectivity index is 1.50. The number of H-pyrrole nitrogens is 1. The van der Waals surface area contributed by atoms with Crippen molar-refractivity contribution in [1.82, 2.24) is 14.9 Å². The summed E-state index contributed by atoms with van der Waals surface area (Å²) in [4.78, 5) is 23.3. The van der Waals surface area contributed by atoms with Crippen LogP contribution in [0.15, 0.2) is 36.0 Å². The summed E-state index contributed by atoms with van der Waals surface area (Å²) in [5, 5.41) is 13.7. The molecule has 5 nitrogen and oxygen atoms in total. The van der Waals surface area contributed by atoms with Crippen molar-refractivity contribution in [2.45, 2.75) is 38.2 Å². The lowest BCUT2D eigenvalue weighted by Crippen LogP contribution is -2.45. The maximum Gasteiger partial charge on any atom is 0.254 e. The molecule has 4 heterocycles. The monoisotopic (exact) mass is 369 g/mol. The van der Waals surface area contributed by atoms with Crippen LogP contribution in [0.4, 0.5) is 0 Å².